The Morgan fingerprint density at radius 1 is 1.24 bits per heavy atom. The SMILES string of the molecule is Cc1cnc(N)c(C(NN)C2CCC(C(C)(C)C)CC2)c1. The number of aryl methyl sites for hydroxylation is 1. The summed E-state index contributed by atoms with van der Waals surface area (Å²) >= 11 is 0. The number of nitrogen functional groups attached to an aromatic ring is 1. The second kappa shape index (κ2) is 6.32. The molecule has 1 unspecified atom stereocenters. The second-order valence-corrected chi connectivity index (χ2v) is 7.61. The molecule has 21 heavy (non-hydrogen) atoms. The molecule has 1 atom stereocenters. The number of pyridine rings is 1. The van der Waals surface area contributed by atoms with Gasteiger partial charge >= 0.3 is 0 Å². The number of rotatable bonds is 3. The van der Waals surface area contributed by atoms with Crippen LogP contribution in [0.25, 0.3) is 0 Å². The van der Waals surface area contributed by atoms with Crippen LogP contribution in [0.3, 0.4) is 0 Å². The fraction of sp³-hybridized carbons (Fsp3) is 0.706. The number of nitrogens with one attached hydrogen (secondary N) is 1. The zero-order chi connectivity index (χ0) is 15.6. The first-order valence-electron chi connectivity index (χ1n) is 8.01. The highest BCUT2D eigenvalue weighted by molar-refractivity contribution is 5.43. The van der Waals surface area contributed by atoms with Gasteiger partial charge in [0.15, 0.2) is 0 Å². The maximum Gasteiger partial charge on any atom is 0.128 e. The first-order valence-corrected chi connectivity index (χ1v) is 8.01. The third-order valence-electron chi connectivity index (χ3n) is 5.07. The number of aromatic nitrogens is 1. The lowest BCUT2D eigenvalue weighted by molar-refractivity contribution is 0.132. The molecule has 1 fully saturated rings. The van der Waals surface area contributed by atoms with E-state index in [1.807, 2.05) is 13.1 Å². The van der Waals surface area contributed by atoms with E-state index in [-0.39, 0.29) is 6.04 Å². The molecule has 5 N–H and O–H groups in total. The van der Waals surface area contributed by atoms with Crippen LogP contribution in [0.2, 0.25) is 0 Å². The van der Waals surface area contributed by atoms with Gasteiger partial charge in [-0.05, 0) is 61.5 Å². The normalized spacial score (nSPS) is 24.8. The van der Waals surface area contributed by atoms with Gasteiger partial charge in [-0.2, -0.15) is 0 Å². The van der Waals surface area contributed by atoms with Crippen molar-refractivity contribution in [3.8, 4) is 0 Å². The van der Waals surface area contributed by atoms with E-state index in [0.717, 1.165) is 17.0 Å². The molecule has 0 saturated heterocycles. The Morgan fingerprint density at radius 3 is 2.38 bits per heavy atom. The van der Waals surface area contributed by atoms with Crippen molar-refractivity contribution in [1.82, 2.24) is 10.4 Å². The van der Waals surface area contributed by atoms with Gasteiger partial charge in [-0.25, -0.2) is 4.98 Å². The van der Waals surface area contributed by atoms with E-state index in [0.29, 0.717) is 17.2 Å². The summed E-state index contributed by atoms with van der Waals surface area (Å²) in [6, 6.07) is 2.22. The lowest BCUT2D eigenvalue weighted by Crippen LogP contribution is -2.37. The van der Waals surface area contributed by atoms with E-state index in [1.54, 1.807) is 0 Å². The van der Waals surface area contributed by atoms with Crippen LogP contribution in [0.4, 0.5) is 5.82 Å². The average molecular weight is 290 g/mol. The number of anilines is 1. The Kier molecular flexibility index (Phi) is 4.89. The molecule has 0 bridgehead atoms. The molecule has 0 radical (unpaired) electrons. The van der Waals surface area contributed by atoms with E-state index in [4.69, 9.17) is 11.6 Å². The fourth-order valence-electron chi connectivity index (χ4n) is 3.65. The monoisotopic (exact) mass is 290 g/mol. The van der Waals surface area contributed by atoms with Crippen molar-refractivity contribution in [3.63, 3.8) is 0 Å². The van der Waals surface area contributed by atoms with Gasteiger partial charge in [-0.15, -0.1) is 0 Å². The predicted octanol–water partition coefficient (Wildman–Crippen LogP) is 3.33. The quantitative estimate of drug-likeness (QED) is 0.589. The van der Waals surface area contributed by atoms with E-state index < -0.39 is 0 Å². The standard InChI is InChI=1S/C17H30N4/c1-11-9-14(16(18)20-10-11)15(21-19)12-5-7-13(8-6-12)17(2,3)4/h9-10,12-13,15,21H,5-8,19H2,1-4H3,(H2,18,20). The maximum atomic E-state index is 6.06. The van der Waals surface area contributed by atoms with Crippen LogP contribution in [-0.4, -0.2) is 4.98 Å². The third kappa shape index (κ3) is 3.74. The molecule has 1 aromatic heterocycles. The van der Waals surface area contributed by atoms with Crippen molar-refractivity contribution in [1.29, 1.82) is 0 Å². The van der Waals surface area contributed by atoms with Crippen molar-refractivity contribution in [3.05, 3.63) is 23.4 Å². The third-order valence-corrected chi connectivity index (χ3v) is 5.07. The molecule has 1 aromatic rings. The molecule has 0 amide bonds. The van der Waals surface area contributed by atoms with E-state index >= 15 is 0 Å². The Balaban J connectivity index is 2.11. The lowest BCUT2D eigenvalue weighted by Gasteiger charge is -2.39. The molecule has 0 aliphatic heterocycles. The van der Waals surface area contributed by atoms with Gasteiger partial charge in [-0.3, -0.25) is 11.3 Å². The summed E-state index contributed by atoms with van der Waals surface area (Å²) in [6.07, 6.45) is 6.74. The average Bonchev–Trinajstić information content (AvgIpc) is 2.43. The molecule has 1 aliphatic carbocycles. The Morgan fingerprint density at radius 2 is 1.86 bits per heavy atom. The number of hydrazine groups is 1. The van der Waals surface area contributed by atoms with Gasteiger partial charge in [0.1, 0.15) is 5.82 Å². The highest BCUT2D eigenvalue weighted by Gasteiger charge is 2.33. The molecule has 0 spiro atoms. The van der Waals surface area contributed by atoms with Crippen molar-refractivity contribution in [2.75, 3.05) is 5.73 Å². The van der Waals surface area contributed by atoms with E-state index in [9.17, 15) is 0 Å². The van der Waals surface area contributed by atoms with Crippen LogP contribution in [0.5, 0.6) is 0 Å². The molecule has 1 heterocycles. The molecule has 4 nitrogen and oxygen atoms in total. The minimum Gasteiger partial charge on any atom is -0.383 e. The van der Waals surface area contributed by atoms with Crippen molar-refractivity contribution in [2.24, 2.45) is 23.1 Å². The van der Waals surface area contributed by atoms with Gasteiger partial charge in [0.2, 0.25) is 0 Å². The van der Waals surface area contributed by atoms with Crippen LogP contribution >= 0.6 is 0 Å². The molecule has 1 aliphatic rings. The van der Waals surface area contributed by atoms with Crippen molar-refractivity contribution < 1.29 is 0 Å². The number of hydrogen-bond donors (Lipinski definition) is 3. The highest BCUT2D eigenvalue weighted by atomic mass is 15.2. The van der Waals surface area contributed by atoms with Gasteiger partial charge in [-0.1, -0.05) is 20.8 Å². The highest BCUT2D eigenvalue weighted by Crippen LogP contribution is 2.43. The van der Waals surface area contributed by atoms with Gasteiger partial charge in [0.05, 0.1) is 6.04 Å². The molecule has 4 heteroatoms. The summed E-state index contributed by atoms with van der Waals surface area (Å²) in [4.78, 5) is 4.28. The Bertz CT molecular complexity index is 470. The largest absolute Gasteiger partial charge is 0.383 e. The van der Waals surface area contributed by atoms with Crippen LogP contribution in [-0.2, 0) is 0 Å². The van der Waals surface area contributed by atoms with Crippen LogP contribution in [0, 0.1) is 24.2 Å². The lowest BCUT2D eigenvalue weighted by atomic mass is 9.68. The zero-order valence-corrected chi connectivity index (χ0v) is 13.8. The molecule has 118 valence electrons. The van der Waals surface area contributed by atoms with Crippen LogP contribution in [0.15, 0.2) is 12.3 Å². The summed E-state index contributed by atoms with van der Waals surface area (Å²) in [5.41, 5.74) is 11.6. The first kappa shape index (κ1) is 16.2. The topological polar surface area (TPSA) is 77.0 Å². The zero-order valence-electron chi connectivity index (χ0n) is 13.8. The smallest absolute Gasteiger partial charge is 0.128 e. The van der Waals surface area contributed by atoms with Gasteiger partial charge in [0, 0.05) is 11.8 Å². The van der Waals surface area contributed by atoms with Crippen LogP contribution < -0.4 is 17.0 Å². The van der Waals surface area contributed by atoms with Gasteiger partial charge in [0.25, 0.3) is 0 Å². The second-order valence-electron chi connectivity index (χ2n) is 7.61. The summed E-state index contributed by atoms with van der Waals surface area (Å²) in [5, 5.41) is 0. The summed E-state index contributed by atoms with van der Waals surface area (Å²) in [6.45, 7) is 9.08. The van der Waals surface area contributed by atoms with Crippen LogP contribution in [0.1, 0.15) is 63.6 Å². The minimum atomic E-state index is 0.110. The first-order chi connectivity index (χ1) is 9.82. The van der Waals surface area contributed by atoms with Crippen molar-refractivity contribution in [2.45, 2.75) is 59.4 Å². The summed E-state index contributed by atoms with van der Waals surface area (Å²) < 4.78 is 0. The molecular formula is C17H30N4. The molecular weight excluding hydrogens is 260 g/mol. The fourth-order valence-corrected chi connectivity index (χ4v) is 3.65. The maximum absolute atomic E-state index is 6.06. The summed E-state index contributed by atoms with van der Waals surface area (Å²) in [5.74, 6) is 7.79. The van der Waals surface area contributed by atoms with E-state index in [1.165, 1.54) is 25.7 Å². The minimum absolute atomic E-state index is 0.110. The molecule has 1 saturated carbocycles. The van der Waals surface area contributed by atoms with Gasteiger partial charge < -0.3 is 5.73 Å². The number of hydrogen-bond acceptors (Lipinski definition) is 4. The number of nitrogens with two attached hydrogens (primary N) is 2. The Hall–Kier alpha value is -1.13. The molecule has 0 aromatic carbocycles. The Labute approximate surface area is 128 Å². The van der Waals surface area contributed by atoms with Crippen molar-refractivity contribution >= 4 is 5.82 Å². The number of nitrogens with zero attached hydrogens (tertiary/aromatic N) is 1. The molecule has 2 rings (SSSR count). The predicted molar refractivity (Wildman–Crippen MR) is 88.4 cm³/mol. The van der Waals surface area contributed by atoms with E-state index in [2.05, 4.69) is 37.2 Å². The summed E-state index contributed by atoms with van der Waals surface area (Å²) in [7, 11) is 0.